The SMILES string of the molecule is COc1cccc(CNCCCNC(=O)c2cc(C=O)cc(N(C)S(C)=O)c2)c1. The van der Waals surface area contributed by atoms with Gasteiger partial charge in [-0.1, -0.05) is 12.1 Å². The van der Waals surface area contributed by atoms with E-state index in [-0.39, 0.29) is 5.91 Å². The Morgan fingerprint density at radius 1 is 1.21 bits per heavy atom. The minimum Gasteiger partial charge on any atom is -0.497 e. The van der Waals surface area contributed by atoms with Crippen LogP contribution < -0.4 is 19.7 Å². The average molecular weight is 418 g/mol. The van der Waals surface area contributed by atoms with E-state index < -0.39 is 11.0 Å². The van der Waals surface area contributed by atoms with Crippen LogP contribution >= 0.6 is 0 Å². The molecule has 7 nitrogen and oxygen atoms in total. The van der Waals surface area contributed by atoms with E-state index in [1.165, 1.54) is 16.6 Å². The average Bonchev–Trinajstić information content (AvgIpc) is 2.74. The highest BCUT2D eigenvalue weighted by molar-refractivity contribution is 7.85. The molecule has 1 unspecified atom stereocenters. The van der Waals surface area contributed by atoms with Gasteiger partial charge in [0.15, 0.2) is 0 Å². The number of rotatable bonds is 11. The fourth-order valence-corrected chi connectivity index (χ4v) is 3.10. The molecule has 0 fully saturated rings. The highest BCUT2D eigenvalue weighted by Gasteiger charge is 2.12. The minimum atomic E-state index is -1.25. The molecule has 0 aromatic heterocycles. The Labute approximate surface area is 174 Å². The Morgan fingerprint density at radius 2 is 2.00 bits per heavy atom. The summed E-state index contributed by atoms with van der Waals surface area (Å²) in [4.78, 5) is 23.6. The highest BCUT2D eigenvalue weighted by atomic mass is 32.2. The van der Waals surface area contributed by atoms with Crippen molar-refractivity contribution in [3.63, 3.8) is 0 Å². The number of ether oxygens (including phenoxy) is 1. The second-order valence-electron chi connectivity index (χ2n) is 6.49. The van der Waals surface area contributed by atoms with Crippen molar-refractivity contribution in [2.24, 2.45) is 0 Å². The summed E-state index contributed by atoms with van der Waals surface area (Å²) in [6.07, 6.45) is 2.97. The number of carbonyl (C=O) groups excluding carboxylic acids is 2. The van der Waals surface area contributed by atoms with Crippen molar-refractivity contribution in [1.82, 2.24) is 10.6 Å². The van der Waals surface area contributed by atoms with E-state index >= 15 is 0 Å². The normalized spacial score (nSPS) is 11.6. The van der Waals surface area contributed by atoms with Gasteiger partial charge in [-0.2, -0.15) is 0 Å². The largest absolute Gasteiger partial charge is 0.497 e. The van der Waals surface area contributed by atoms with Crippen LogP contribution in [-0.2, 0) is 17.5 Å². The molecule has 2 rings (SSSR count). The van der Waals surface area contributed by atoms with Gasteiger partial charge in [0, 0.05) is 37.5 Å². The Hall–Kier alpha value is -2.71. The van der Waals surface area contributed by atoms with Gasteiger partial charge in [-0.05, 0) is 48.9 Å². The third kappa shape index (κ3) is 6.99. The lowest BCUT2D eigenvalue weighted by Gasteiger charge is -2.17. The standard InChI is InChI=1S/C21H27N3O4S/c1-24(29(3)27)19-11-17(15-25)10-18(13-19)21(26)23-9-5-8-22-14-16-6-4-7-20(12-16)28-2/h4,6-7,10-13,15,22H,5,8-9,14H2,1-3H3,(H,23,26). The van der Waals surface area contributed by atoms with Crippen molar-refractivity contribution in [2.75, 3.05) is 37.8 Å². The first-order chi connectivity index (χ1) is 13.9. The van der Waals surface area contributed by atoms with Crippen LogP contribution in [0.25, 0.3) is 0 Å². The van der Waals surface area contributed by atoms with Crippen LogP contribution in [0, 0.1) is 0 Å². The maximum atomic E-state index is 12.4. The Morgan fingerprint density at radius 3 is 2.69 bits per heavy atom. The molecule has 0 radical (unpaired) electrons. The molecule has 0 bridgehead atoms. The zero-order valence-electron chi connectivity index (χ0n) is 16.9. The maximum absolute atomic E-state index is 12.4. The van der Waals surface area contributed by atoms with Crippen LogP contribution in [0.15, 0.2) is 42.5 Å². The molecule has 0 saturated carbocycles. The summed E-state index contributed by atoms with van der Waals surface area (Å²) in [5.41, 5.74) is 2.42. The van der Waals surface area contributed by atoms with Gasteiger partial charge in [0.05, 0.1) is 12.8 Å². The summed E-state index contributed by atoms with van der Waals surface area (Å²) in [5.74, 6) is 0.559. The third-order valence-electron chi connectivity index (χ3n) is 4.37. The maximum Gasteiger partial charge on any atom is 0.251 e. The number of amides is 1. The molecule has 2 aromatic carbocycles. The van der Waals surface area contributed by atoms with Crippen LogP contribution in [0.5, 0.6) is 5.75 Å². The molecule has 29 heavy (non-hydrogen) atoms. The van der Waals surface area contributed by atoms with Gasteiger partial charge in [0.2, 0.25) is 0 Å². The van der Waals surface area contributed by atoms with Crippen LogP contribution in [-0.4, -0.2) is 49.9 Å². The first-order valence-electron chi connectivity index (χ1n) is 9.24. The predicted molar refractivity (Wildman–Crippen MR) is 116 cm³/mol. The summed E-state index contributed by atoms with van der Waals surface area (Å²) in [6, 6.07) is 12.6. The predicted octanol–water partition coefficient (Wildman–Crippen LogP) is 2.15. The van der Waals surface area contributed by atoms with E-state index in [0.717, 1.165) is 30.8 Å². The van der Waals surface area contributed by atoms with E-state index in [9.17, 15) is 13.8 Å². The number of methoxy groups -OCH3 is 1. The highest BCUT2D eigenvalue weighted by Crippen LogP contribution is 2.19. The van der Waals surface area contributed by atoms with Crippen molar-refractivity contribution in [2.45, 2.75) is 13.0 Å². The van der Waals surface area contributed by atoms with Gasteiger partial charge in [0.1, 0.15) is 23.0 Å². The summed E-state index contributed by atoms with van der Waals surface area (Å²) in [7, 11) is 2.04. The van der Waals surface area contributed by atoms with Gasteiger partial charge in [-0.3, -0.25) is 13.9 Å². The molecule has 2 aromatic rings. The molecular formula is C21H27N3O4S. The van der Waals surface area contributed by atoms with E-state index in [1.54, 1.807) is 26.3 Å². The summed E-state index contributed by atoms with van der Waals surface area (Å²) in [6.45, 7) is 1.96. The quantitative estimate of drug-likeness (QED) is 0.432. The van der Waals surface area contributed by atoms with Crippen molar-refractivity contribution in [3.8, 4) is 5.75 Å². The van der Waals surface area contributed by atoms with Crippen molar-refractivity contribution >= 4 is 28.9 Å². The van der Waals surface area contributed by atoms with E-state index in [1.807, 2.05) is 24.3 Å². The van der Waals surface area contributed by atoms with Crippen LogP contribution in [0.3, 0.4) is 0 Å². The smallest absolute Gasteiger partial charge is 0.251 e. The lowest BCUT2D eigenvalue weighted by atomic mass is 10.1. The number of nitrogens with one attached hydrogen (secondary N) is 2. The molecule has 0 aliphatic rings. The number of carbonyl (C=O) groups is 2. The Bertz CT molecular complexity index is 873. The van der Waals surface area contributed by atoms with Crippen molar-refractivity contribution in [1.29, 1.82) is 0 Å². The lowest BCUT2D eigenvalue weighted by molar-refractivity contribution is 0.0953. The second-order valence-corrected chi connectivity index (χ2v) is 7.89. The van der Waals surface area contributed by atoms with E-state index in [2.05, 4.69) is 10.6 Å². The zero-order chi connectivity index (χ0) is 21.2. The third-order valence-corrected chi connectivity index (χ3v) is 5.35. The Kier molecular flexibility index (Phi) is 8.82. The number of anilines is 1. The second kappa shape index (κ2) is 11.3. The molecular weight excluding hydrogens is 390 g/mol. The lowest BCUT2D eigenvalue weighted by Crippen LogP contribution is -2.28. The molecule has 0 spiro atoms. The topological polar surface area (TPSA) is 87.7 Å². The van der Waals surface area contributed by atoms with Crippen LogP contribution in [0.4, 0.5) is 5.69 Å². The van der Waals surface area contributed by atoms with Gasteiger partial charge < -0.3 is 15.4 Å². The molecule has 0 aliphatic carbocycles. The van der Waals surface area contributed by atoms with Crippen LogP contribution in [0.1, 0.15) is 32.7 Å². The Balaban J connectivity index is 1.82. The van der Waals surface area contributed by atoms with E-state index in [4.69, 9.17) is 4.74 Å². The fraction of sp³-hybridized carbons (Fsp3) is 0.333. The van der Waals surface area contributed by atoms with Gasteiger partial charge in [-0.15, -0.1) is 0 Å². The molecule has 0 saturated heterocycles. The summed E-state index contributed by atoms with van der Waals surface area (Å²) >= 11 is 0. The summed E-state index contributed by atoms with van der Waals surface area (Å²) < 4.78 is 18.4. The molecule has 0 heterocycles. The van der Waals surface area contributed by atoms with Crippen LogP contribution in [0.2, 0.25) is 0 Å². The van der Waals surface area contributed by atoms with Crippen molar-refractivity contribution < 1.29 is 18.5 Å². The van der Waals surface area contributed by atoms with E-state index in [0.29, 0.717) is 29.6 Å². The molecule has 156 valence electrons. The monoisotopic (exact) mass is 417 g/mol. The first kappa shape index (κ1) is 22.6. The molecule has 1 amide bonds. The minimum absolute atomic E-state index is 0.266. The number of aldehydes is 1. The van der Waals surface area contributed by atoms with Gasteiger partial charge in [0.25, 0.3) is 5.91 Å². The van der Waals surface area contributed by atoms with Gasteiger partial charge >= 0.3 is 0 Å². The number of nitrogens with zero attached hydrogens (tertiary/aromatic N) is 1. The number of hydrogen-bond donors (Lipinski definition) is 2. The molecule has 0 aliphatic heterocycles. The first-order valence-corrected chi connectivity index (χ1v) is 10.8. The number of benzene rings is 2. The molecule has 8 heteroatoms. The van der Waals surface area contributed by atoms with Gasteiger partial charge in [-0.25, -0.2) is 4.21 Å². The summed E-state index contributed by atoms with van der Waals surface area (Å²) in [5, 5.41) is 6.18. The van der Waals surface area contributed by atoms with Crippen molar-refractivity contribution in [3.05, 3.63) is 59.2 Å². The molecule has 2 N–H and O–H groups in total. The zero-order valence-corrected chi connectivity index (χ0v) is 17.8. The molecule has 1 atom stereocenters. The fourth-order valence-electron chi connectivity index (χ4n) is 2.70. The number of hydrogen-bond acceptors (Lipinski definition) is 5.